The zero-order valence-electron chi connectivity index (χ0n) is 36.5. The van der Waals surface area contributed by atoms with Gasteiger partial charge in [-0.25, -0.2) is 4.79 Å². The molecule has 2 aromatic carbocycles. The van der Waals surface area contributed by atoms with E-state index in [0.717, 1.165) is 23.1 Å². The highest BCUT2D eigenvalue weighted by Crippen LogP contribution is 2.43. The average molecular weight is 815 g/mol. The molecule has 0 aliphatic carbocycles. The van der Waals surface area contributed by atoms with Crippen LogP contribution in [0.1, 0.15) is 98.3 Å². The summed E-state index contributed by atoms with van der Waals surface area (Å²) >= 11 is 0. The molecule has 2 heterocycles. The van der Waals surface area contributed by atoms with E-state index in [0.29, 0.717) is 79.6 Å². The third-order valence-corrected chi connectivity index (χ3v) is 17.3. The van der Waals surface area contributed by atoms with E-state index in [1.165, 1.54) is 0 Å². The molecule has 1 N–H and O–H groups in total. The first-order valence-electron chi connectivity index (χ1n) is 20.7. The number of amides is 2. The number of methoxy groups -OCH3 is 2. The molecule has 13 heteroatoms. The maximum atomic E-state index is 13.4. The number of carbonyl (C=O) groups is 2. The van der Waals surface area contributed by atoms with Crippen molar-refractivity contribution < 1.29 is 47.5 Å². The third-order valence-electron chi connectivity index (χ3n) is 11.2. The number of fused-ring (bicyclic) bond motifs is 1. The molecule has 0 unspecified atom stereocenters. The third kappa shape index (κ3) is 11.7. The fourth-order valence-electron chi connectivity index (χ4n) is 8.57. The van der Waals surface area contributed by atoms with Crippen LogP contribution in [-0.2, 0) is 46.8 Å². The summed E-state index contributed by atoms with van der Waals surface area (Å²) in [6, 6.07) is 11.5. The number of anilines is 1. The van der Waals surface area contributed by atoms with Crippen LogP contribution in [0.3, 0.4) is 0 Å². The molecular formula is C44H70N2O10Si. The molecule has 57 heavy (non-hydrogen) atoms. The van der Waals surface area contributed by atoms with Gasteiger partial charge >= 0.3 is 6.09 Å². The molecule has 1 saturated heterocycles. The number of rotatable bonds is 20. The molecule has 0 spiro atoms. The Bertz CT molecular complexity index is 1590. The lowest BCUT2D eigenvalue weighted by molar-refractivity contribution is -0.155. The Balaban J connectivity index is 1.70. The second kappa shape index (κ2) is 20.7. The minimum absolute atomic E-state index is 0.0224. The number of nitrogens with zero attached hydrogens (tertiary/aromatic N) is 2. The fraction of sp³-hybridized carbons (Fsp3) is 0.682. The van der Waals surface area contributed by atoms with Gasteiger partial charge in [0, 0.05) is 60.0 Å². The number of ether oxygens (including phenoxy) is 6. The molecule has 2 aliphatic rings. The van der Waals surface area contributed by atoms with Gasteiger partial charge in [0.25, 0.3) is 5.91 Å². The van der Waals surface area contributed by atoms with Crippen molar-refractivity contribution in [2.24, 2.45) is 0 Å². The van der Waals surface area contributed by atoms with Gasteiger partial charge in [0.2, 0.25) is 0 Å². The van der Waals surface area contributed by atoms with Crippen molar-refractivity contribution in [1.82, 2.24) is 4.90 Å². The number of aliphatic hydroxyl groups is 1. The van der Waals surface area contributed by atoms with Crippen LogP contribution in [0, 0.1) is 0 Å². The summed E-state index contributed by atoms with van der Waals surface area (Å²) in [5.41, 5.74) is 2.24. The first-order chi connectivity index (χ1) is 27.0. The number of carbonyl (C=O) groups excluding carboxylic acids is 2. The summed E-state index contributed by atoms with van der Waals surface area (Å²) < 4.78 is 41.9. The average Bonchev–Trinajstić information content (AvgIpc) is 3.14. The zero-order valence-corrected chi connectivity index (χ0v) is 37.5. The van der Waals surface area contributed by atoms with E-state index in [4.69, 9.17) is 32.8 Å². The van der Waals surface area contributed by atoms with Crippen LogP contribution in [0.15, 0.2) is 36.4 Å². The quantitative estimate of drug-likeness (QED) is 0.104. The summed E-state index contributed by atoms with van der Waals surface area (Å²) in [5.74, 6) is 1.21. The summed E-state index contributed by atoms with van der Waals surface area (Å²) in [7, 11) is 1.15. The molecule has 2 aliphatic heterocycles. The van der Waals surface area contributed by atoms with Crippen LogP contribution in [0.5, 0.6) is 11.5 Å². The summed E-state index contributed by atoms with van der Waals surface area (Å²) in [4.78, 5) is 29.7. The number of hydrogen-bond acceptors (Lipinski definition) is 10. The topological polar surface area (TPSA) is 125 Å². The Labute approximate surface area is 342 Å². The zero-order chi connectivity index (χ0) is 42.0. The lowest BCUT2D eigenvalue weighted by atomic mass is 9.79. The second-order valence-electron chi connectivity index (χ2n) is 17.3. The standard InChI is InChI=1S/C44H70N2O10Si/c1-31(2)57(32(3)4,33(5)6)55-25-18-35-27-36(52-24-13-23-51-11)15-16-37(35)44(49)19-21-45(42(48)56-43(7,8)9)28-40(44)54-29-34-14-17-39-38(26-34)46(20-12-22-50-10)41(47)30-53-39/h14-17,26-27,31-33,40,49H,12-13,18-25,28-30H2,1-11H3/t40-,44-/m0/s1. The fourth-order valence-corrected chi connectivity index (χ4v) is 14.0. The predicted octanol–water partition coefficient (Wildman–Crippen LogP) is 8.01. The molecule has 320 valence electrons. The van der Waals surface area contributed by atoms with E-state index in [1.54, 1.807) is 24.0 Å². The van der Waals surface area contributed by atoms with Crippen molar-refractivity contribution in [3.63, 3.8) is 0 Å². The normalized spacial score (nSPS) is 19.0. The Hall–Kier alpha value is -3.20. The minimum atomic E-state index is -2.17. The highest BCUT2D eigenvalue weighted by Gasteiger charge is 2.48. The van der Waals surface area contributed by atoms with E-state index in [1.807, 2.05) is 57.2 Å². The monoisotopic (exact) mass is 814 g/mol. The Morgan fingerprint density at radius 3 is 2.28 bits per heavy atom. The van der Waals surface area contributed by atoms with Gasteiger partial charge in [0.1, 0.15) is 28.8 Å². The molecule has 0 saturated carbocycles. The van der Waals surface area contributed by atoms with Crippen molar-refractivity contribution in [1.29, 1.82) is 0 Å². The van der Waals surface area contributed by atoms with Crippen LogP contribution < -0.4 is 14.4 Å². The molecule has 0 bridgehead atoms. The molecule has 4 rings (SSSR count). The van der Waals surface area contributed by atoms with Gasteiger partial charge in [-0.1, -0.05) is 53.7 Å². The van der Waals surface area contributed by atoms with E-state index < -0.39 is 31.7 Å². The van der Waals surface area contributed by atoms with Crippen LogP contribution in [0.4, 0.5) is 10.5 Å². The van der Waals surface area contributed by atoms with Crippen molar-refractivity contribution in [2.75, 3.05) is 71.8 Å². The highest BCUT2D eigenvalue weighted by atomic mass is 28.4. The molecule has 2 atom stereocenters. The van der Waals surface area contributed by atoms with E-state index in [-0.39, 0.29) is 38.6 Å². The Morgan fingerprint density at radius 2 is 1.63 bits per heavy atom. The molecule has 12 nitrogen and oxygen atoms in total. The van der Waals surface area contributed by atoms with Gasteiger partial charge in [-0.3, -0.25) is 4.79 Å². The van der Waals surface area contributed by atoms with Crippen molar-refractivity contribution in [3.05, 3.63) is 53.1 Å². The lowest BCUT2D eigenvalue weighted by Crippen LogP contribution is -2.57. The summed E-state index contributed by atoms with van der Waals surface area (Å²) in [6.07, 6.45) is 0.929. The van der Waals surface area contributed by atoms with Gasteiger partial charge in [-0.2, -0.15) is 0 Å². The number of piperidine rings is 1. The van der Waals surface area contributed by atoms with Gasteiger partial charge in [0.15, 0.2) is 14.9 Å². The molecule has 0 radical (unpaired) electrons. The van der Waals surface area contributed by atoms with Crippen molar-refractivity contribution >= 4 is 26.0 Å². The number of likely N-dealkylation sites (tertiary alicyclic amines) is 1. The van der Waals surface area contributed by atoms with E-state index in [2.05, 4.69) is 41.5 Å². The Morgan fingerprint density at radius 1 is 0.947 bits per heavy atom. The van der Waals surface area contributed by atoms with Crippen LogP contribution >= 0.6 is 0 Å². The van der Waals surface area contributed by atoms with Crippen molar-refractivity contribution in [2.45, 2.75) is 129 Å². The van der Waals surface area contributed by atoms with Crippen LogP contribution in [-0.4, -0.2) is 109 Å². The highest BCUT2D eigenvalue weighted by molar-refractivity contribution is 6.77. The van der Waals surface area contributed by atoms with E-state index in [9.17, 15) is 14.7 Å². The smallest absolute Gasteiger partial charge is 0.410 e. The lowest BCUT2D eigenvalue weighted by Gasteiger charge is -2.45. The summed E-state index contributed by atoms with van der Waals surface area (Å²) in [6.45, 7) is 22.3. The number of hydrogen-bond donors (Lipinski definition) is 1. The van der Waals surface area contributed by atoms with Crippen molar-refractivity contribution in [3.8, 4) is 11.5 Å². The maximum Gasteiger partial charge on any atom is 0.410 e. The molecule has 1 fully saturated rings. The largest absolute Gasteiger partial charge is 0.493 e. The predicted molar refractivity (Wildman–Crippen MR) is 225 cm³/mol. The first kappa shape index (κ1) is 46.5. The first-order valence-corrected chi connectivity index (χ1v) is 22.9. The van der Waals surface area contributed by atoms with Gasteiger partial charge in [-0.05, 0) is 91.2 Å². The van der Waals surface area contributed by atoms with Gasteiger partial charge in [0.05, 0.1) is 25.4 Å². The maximum absolute atomic E-state index is 13.4. The van der Waals surface area contributed by atoms with Gasteiger partial charge in [-0.15, -0.1) is 0 Å². The molecular weight excluding hydrogens is 745 g/mol. The van der Waals surface area contributed by atoms with Crippen LogP contribution in [0.25, 0.3) is 0 Å². The SMILES string of the molecule is COCCCOc1ccc([C@@]2(O)CCN(C(=O)OC(C)(C)C)C[C@@H]2OCc2ccc3c(c2)N(CCCOC)C(=O)CO3)c(CCO[Si](C(C)C)(C(C)C)C(C)C)c1. The summed E-state index contributed by atoms with van der Waals surface area (Å²) in [5, 5.41) is 13.0. The second-order valence-corrected chi connectivity index (χ2v) is 22.8. The molecule has 2 amide bonds. The van der Waals surface area contributed by atoms with Gasteiger partial charge < -0.3 is 47.8 Å². The van der Waals surface area contributed by atoms with Crippen LogP contribution in [0.2, 0.25) is 16.6 Å². The Kier molecular flexibility index (Phi) is 16.9. The van der Waals surface area contributed by atoms with E-state index >= 15 is 0 Å². The minimum Gasteiger partial charge on any atom is -0.493 e. The molecule has 0 aromatic heterocycles. The number of benzene rings is 2. The molecule has 2 aromatic rings.